The predicted molar refractivity (Wildman–Crippen MR) is 107 cm³/mol. The van der Waals surface area contributed by atoms with E-state index in [9.17, 15) is 4.79 Å². The number of amides is 1. The van der Waals surface area contributed by atoms with Crippen molar-refractivity contribution in [3.05, 3.63) is 53.6 Å². The fourth-order valence-electron chi connectivity index (χ4n) is 2.66. The minimum atomic E-state index is -0.580. The SMILES string of the molecule is CCc1ccccc1O[C@H](C)C(=O)NCc1ccc(OC(C)C)c(OC)c1. The van der Waals surface area contributed by atoms with E-state index in [-0.39, 0.29) is 12.0 Å². The summed E-state index contributed by atoms with van der Waals surface area (Å²) in [6.45, 7) is 8.13. The summed E-state index contributed by atoms with van der Waals surface area (Å²) >= 11 is 0. The highest BCUT2D eigenvalue weighted by molar-refractivity contribution is 5.80. The normalized spacial score (nSPS) is 11.8. The first-order chi connectivity index (χ1) is 12.9. The van der Waals surface area contributed by atoms with Crippen LogP contribution in [0.2, 0.25) is 0 Å². The lowest BCUT2D eigenvalue weighted by Crippen LogP contribution is -2.36. The summed E-state index contributed by atoms with van der Waals surface area (Å²) in [4.78, 5) is 12.4. The molecule has 0 bridgehead atoms. The Morgan fingerprint density at radius 1 is 1.00 bits per heavy atom. The first-order valence-corrected chi connectivity index (χ1v) is 9.30. The molecule has 0 aliphatic heterocycles. The smallest absolute Gasteiger partial charge is 0.261 e. The molecule has 146 valence electrons. The number of hydrogen-bond donors (Lipinski definition) is 1. The number of rotatable bonds is 9. The maximum absolute atomic E-state index is 12.4. The lowest BCUT2D eigenvalue weighted by atomic mass is 10.1. The zero-order valence-electron chi connectivity index (χ0n) is 16.7. The van der Waals surface area contributed by atoms with Gasteiger partial charge in [0.1, 0.15) is 5.75 Å². The highest BCUT2D eigenvalue weighted by atomic mass is 16.5. The van der Waals surface area contributed by atoms with Gasteiger partial charge in [-0.25, -0.2) is 0 Å². The number of ether oxygens (including phenoxy) is 3. The standard InChI is InChI=1S/C22H29NO4/c1-6-18-9-7-8-10-19(18)27-16(4)22(24)23-14-17-11-12-20(26-15(2)3)21(13-17)25-5/h7-13,15-16H,6,14H2,1-5H3,(H,23,24)/t16-/m1/s1. The summed E-state index contributed by atoms with van der Waals surface area (Å²) in [7, 11) is 1.60. The van der Waals surface area contributed by atoms with Gasteiger partial charge < -0.3 is 19.5 Å². The topological polar surface area (TPSA) is 56.8 Å². The Kier molecular flexibility index (Phi) is 7.53. The second-order valence-electron chi connectivity index (χ2n) is 6.59. The quantitative estimate of drug-likeness (QED) is 0.720. The minimum Gasteiger partial charge on any atom is -0.493 e. The Morgan fingerprint density at radius 3 is 2.41 bits per heavy atom. The number of hydrogen-bond acceptors (Lipinski definition) is 4. The van der Waals surface area contributed by atoms with Crippen molar-refractivity contribution in [1.82, 2.24) is 5.32 Å². The molecule has 1 N–H and O–H groups in total. The predicted octanol–water partition coefficient (Wildman–Crippen LogP) is 4.13. The molecule has 0 unspecified atom stereocenters. The van der Waals surface area contributed by atoms with Crippen LogP contribution in [0.15, 0.2) is 42.5 Å². The molecule has 2 aromatic rings. The third-order valence-corrected chi connectivity index (χ3v) is 4.08. The van der Waals surface area contributed by atoms with Crippen molar-refractivity contribution in [2.75, 3.05) is 7.11 Å². The molecule has 0 aromatic heterocycles. The number of carbonyl (C=O) groups excluding carboxylic acids is 1. The van der Waals surface area contributed by atoms with Gasteiger partial charge in [-0.15, -0.1) is 0 Å². The fraction of sp³-hybridized carbons (Fsp3) is 0.409. The van der Waals surface area contributed by atoms with E-state index < -0.39 is 6.10 Å². The first-order valence-electron chi connectivity index (χ1n) is 9.30. The van der Waals surface area contributed by atoms with Gasteiger partial charge in [0.25, 0.3) is 5.91 Å². The Balaban J connectivity index is 1.96. The van der Waals surface area contributed by atoms with Crippen molar-refractivity contribution in [1.29, 1.82) is 0 Å². The van der Waals surface area contributed by atoms with E-state index in [2.05, 4.69) is 12.2 Å². The highest BCUT2D eigenvalue weighted by Gasteiger charge is 2.16. The monoisotopic (exact) mass is 371 g/mol. The van der Waals surface area contributed by atoms with Crippen LogP contribution in [0.1, 0.15) is 38.8 Å². The van der Waals surface area contributed by atoms with E-state index in [0.29, 0.717) is 18.0 Å². The number of methoxy groups -OCH3 is 1. The van der Waals surface area contributed by atoms with E-state index in [1.807, 2.05) is 56.3 Å². The van der Waals surface area contributed by atoms with Crippen LogP contribution < -0.4 is 19.5 Å². The maximum atomic E-state index is 12.4. The van der Waals surface area contributed by atoms with Crippen molar-refractivity contribution in [3.63, 3.8) is 0 Å². The van der Waals surface area contributed by atoms with E-state index >= 15 is 0 Å². The molecule has 0 fully saturated rings. The summed E-state index contributed by atoms with van der Waals surface area (Å²) in [5.74, 6) is 1.92. The van der Waals surface area contributed by atoms with E-state index in [0.717, 1.165) is 23.3 Å². The van der Waals surface area contributed by atoms with Crippen LogP contribution >= 0.6 is 0 Å². The molecule has 0 saturated heterocycles. The molecule has 0 heterocycles. The van der Waals surface area contributed by atoms with Gasteiger partial charge in [0, 0.05) is 6.54 Å². The number of benzene rings is 2. The van der Waals surface area contributed by atoms with Crippen LogP contribution in [-0.2, 0) is 17.8 Å². The summed E-state index contributed by atoms with van der Waals surface area (Å²) in [6.07, 6.45) is 0.339. The Bertz CT molecular complexity index is 758. The zero-order valence-corrected chi connectivity index (χ0v) is 16.7. The van der Waals surface area contributed by atoms with Crippen LogP contribution in [0, 0.1) is 0 Å². The van der Waals surface area contributed by atoms with Crippen molar-refractivity contribution in [2.24, 2.45) is 0 Å². The summed E-state index contributed by atoms with van der Waals surface area (Å²) in [5, 5.41) is 2.91. The van der Waals surface area contributed by atoms with E-state index in [1.54, 1.807) is 14.0 Å². The van der Waals surface area contributed by atoms with Crippen LogP contribution in [0.5, 0.6) is 17.2 Å². The van der Waals surface area contributed by atoms with Gasteiger partial charge in [-0.05, 0) is 56.5 Å². The maximum Gasteiger partial charge on any atom is 0.261 e. The lowest BCUT2D eigenvalue weighted by molar-refractivity contribution is -0.127. The average Bonchev–Trinajstić information content (AvgIpc) is 2.66. The number of aryl methyl sites for hydroxylation is 1. The number of carbonyl (C=O) groups is 1. The summed E-state index contributed by atoms with van der Waals surface area (Å²) < 4.78 is 16.9. The van der Waals surface area contributed by atoms with Gasteiger partial charge in [-0.2, -0.15) is 0 Å². The third kappa shape index (κ3) is 5.91. The van der Waals surface area contributed by atoms with Crippen molar-refractivity contribution in [3.8, 4) is 17.2 Å². The molecule has 27 heavy (non-hydrogen) atoms. The molecule has 2 aromatic carbocycles. The number of para-hydroxylation sites is 1. The molecular weight excluding hydrogens is 342 g/mol. The molecule has 5 nitrogen and oxygen atoms in total. The molecule has 0 radical (unpaired) electrons. The minimum absolute atomic E-state index is 0.0634. The van der Waals surface area contributed by atoms with Gasteiger partial charge >= 0.3 is 0 Å². The van der Waals surface area contributed by atoms with Crippen molar-refractivity contribution in [2.45, 2.75) is 52.9 Å². The molecule has 5 heteroatoms. The third-order valence-electron chi connectivity index (χ3n) is 4.08. The molecular formula is C22H29NO4. The van der Waals surface area contributed by atoms with Gasteiger partial charge in [0.2, 0.25) is 0 Å². The molecule has 1 amide bonds. The Labute approximate surface area is 161 Å². The van der Waals surface area contributed by atoms with Crippen LogP contribution in [-0.4, -0.2) is 25.2 Å². The van der Waals surface area contributed by atoms with E-state index in [1.165, 1.54) is 0 Å². The second-order valence-corrected chi connectivity index (χ2v) is 6.59. The lowest BCUT2D eigenvalue weighted by Gasteiger charge is -2.17. The number of nitrogens with one attached hydrogen (secondary N) is 1. The van der Waals surface area contributed by atoms with Gasteiger partial charge in [-0.1, -0.05) is 31.2 Å². The second kappa shape index (κ2) is 9.86. The van der Waals surface area contributed by atoms with Crippen molar-refractivity contribution < 1.29 is 19.0 Å². The van der Waals surface area contributed by atoms with Gasteiger partial charge in [0.05, 0.1) is 13.2 Å². The average molecular weight is 371 g/mol. The van der Waals surface area contributed by atoms with Crippen LogP contribution in [0.4, 0.5) is 0 Å². The fourth-order valence-corrected chi connectivity index (χ4v) is 2.66. The Hall–Kier alpha value is -2.69. The Morgan fingerprint density at radius 2 is 1.74 bits per heavy atom. The summed E-state index contributed by atoms with van der Waals surface area (Å²) in [6, 6.07) is 13.4. The van der Waals surface area contributed by atoms with Gasteiger partial charge in [-0.3, -0.25) is 4.79 Å². The largest absolute Gasteiger partial charge is 0.493 e. The van der Waals surface area contributed by atoms with Crippen LogP contribution in [0.25, 0.3) is 0 Å². The molecule has 0 saturated carbocycles. The van der Waals surface area contributed by atoms with Crippen LogP contribution in [0.3, 0.4) is 0 Å². The molecule has 0 spiro atoms. The summed E-state index contributed by atoms with van der Waals surface area (Å²) in [5.41, 5.74) is 2.01. The van der Waals surface area contributed by atoms with Crippen molar-refractivity contribution >= 4 is 5.91 Å². The zero-order chi connectivity index (χ0) is 19.8. The molecule has 0 aliphatic carbocycles. The highest BCUT2D eigenvalue weighted by Crippen LogP contribution is 2.29. The molecule has 0 aliphatic rings. The van der Waals surface area contributed by atoms with E-state index in [4.69, 9.17) is 14.2 Å². The molecule has 1 atom stereocenters. The first kappa shape index (κ1) is 20.6. The molecule has 2 rings (SSSR count). The van der Waals surface area contributed by atoms with Gasteiger partial charge in [0.15, 0.2) is 17.6 Å².